The lowest BCUT2D eigenvalue weighted by Gasteiger charge is -2.21. The van der Waals surface area contributed by atoms with E-state index in [1.165, 1.54) is 0 Å². The number of carboxylic acid groups (broad SMARTS) is 1. The van der Waals surface area contributed by atoms with E-state index in [1.807, 2.05) is 31.2 Å². The molecule has 3 atom stereocenters. The van der Waals surface area contributed by atoms with E-state index >= 15 is 0 Å². The van der Waals surface area contributed by atoms with E-state index in [4.69, 9.17) is 9.47 Å². The number of fused-ring (bicyclic) bond motifs is 3. The molecule has 2 aromatic rings. The van der Waals surface area contributed by atoms with E-state index in [-0.39, 0.29) is 24.9 Å². The van der Waals surface area contributed by atoms with Gasteiger partial charge in [0.15, 0.2) is 6.10 Å². The highest BCUT2D eigenvalue weighted by atomic mass is 16.5. The Bertz CT molecular complexity index is 1030. The highest BCUT2D eigenvalue weighted by molar-refractivity contribution is 5.81. The zero-order valence-electron chi connectivity index (χ0n) is 19.9. The van der Waals surface area contributed by atoms with Crippen LogP contribution in [-0.2, 0) is 19.1 Å². The Morgan fingerprint density at radius 2 is 1.74 bits per heavy atom. The average molecular weight is 481 g/mol. The first-order valence-corrected chi connectivity index (χ1v) is 12.2. The average Bonchev–Trinajstić information content (AvgIpc) is 3.44. The van der Waals surface area contributed by atoms with Gasteiger partial charge in [0.1, 0.15) is 6.61 Å². The fraction of sp³-hybridized carbons (Fsp3) is 0.444. The Hall–Kier alpha value is -3.39. The molecule has 3 N–H and O–H groups in total. The normalized spacial score (nSPS) is 19.5. The predicted octanol–water partition coefficient (Wildman–Crippen LogP) is 3.83. The summed E-state index contributed by atoms with van der Waals surface area (Å²) in [6.45, 7) is 2.53. The monoisotopic (exact) mass is 480 g/mol. The second-order valence-electron chi connectivity index (χ2n) is 9.11. The molecule has 1 aliphatic heterocycles. The summed E-state index contributed by atoms with van der Waals surface area (Å²) in [5.41, 5.74) is 4.58. The van der Waals surface area contributed by atoms with Gasteiger partial charge in [0.2, 0.25) is 5.91 Å². The summed E-state index contributed by atoms with van der Waals surface area (Å²) in [6.07, 6.45) is 1.28. The smallest absolute Gasteiger partial charge is 0.407 e. The minimum atomic E-state index is -1.09. The molecular weight excluding hydrogens is 448 g/mol. The van der Waals surface area contributed by atoms with Gasteiger partial charge in [-0.1, -0.05) is 68.3 Å². The van der Waals surface area contributed by atoms with E-state index in [2.05, 4.69) is 34.9 Å². The van der Waals surface area contributed by atoms with Crippen molar-refractivity contribution in [1.82, 2.24) is 10.6 Å². The third-order valence-corrected chi connectivity index (χ3v) is 6.69. The van der Waals surface area contributed by atoms with Crippen molar-refractivity contribution < 1.29 is 29.0 Å². The van der Waals surface area contributed by atoms with Crippen LogP contribution < -0.4 is 10.6 Å². The van der Waals surface area contributed by atoms with Crippen molar-refractivity contribution >= 4 is 18.0 Å². The number of alkyl carbamates (subject to hydrolysis) is 1. The van der Waals surface area contributed by atoms with Crippen LogP contribution in [0, 0.1) is 0 Å². The Morgan fingerprint density at radius 1 is 1.09 bits per heavy atom. The molecule has 1 saturated heterocycles. The second-order valence-corrected chi connectivity index (χ2v) is 9.11. The van der Waals surface area contributed by atoms with Crippen LogP contribution in [0.25, 0.3) is 11.1 Å². The Labute approximate surface area is 205 Å². The van der Waals surface area contributed by atoms with Gasteiger partial charge in [-0.05, 0) is 35.1 Å². The predicted molar refractivity (Wildman–Crippen MR) is 130 cm³/mol. The molecule has 0 bridgehead atoms. The van der Waals surface area contributed by atoms with Gasteiger partial charge in [0.05, 0.1) is 6.04 Å². The van der Waals surface area contributed by atoms with E-state index < -0.39 is 30.3 Å². The zero-order chi connectivity index (χ0) is 24.8. The van der Waals surface area contributed by atoms with Crippen molar-refractivity contribution in [3.05, 3.63) is 59.7 Å². The molecule has 0 saturated carbocycles. The number of amides is 2. The van der Waals surface area contributed by atoms with Gasteiger partial charge in [0.25, 0.3) is 0 Å². The van der Waals surface area contributed by atoms with Gasteiger partial charge < -0.3 is 25.2 Å². The van der Waals surface area contributed by atoms with Crippen molar-refractivity contribution in [2.45, 2.75) is 63.1 Å². The van der Waals surface area contributed by atoms with Crippen LogP contribution in [0.2, 0.25) is 0 Å². The van der Waals surface area contributed by atoms with Gasteiger partial charge in [-0.2, -0.15) is 0 Å². The van der Waals surface area contributed by atoms with E-state index in [9.17, 15) is 19.5 Å². The zero-order valence-corrected chi connectivity index (χ0v) is 19.9. The number of ether oxygens (including phenoxy) is 2. The van der Waals surface area contributed by atoms with E-state index in [0.717, 1.165) is 35.1 Å². The summed E-state index contributed by atoms with van der Waals surface area (Å²) in [5.74, 6) is -1.44. The first-order valence-electron chi connectivity index (χ1n) is 12.2. The topological polar surface area (TPSA) is 114 Å². The highest BCUT2D eigenvalue weighted by Gasteiger charge is 2.35. The second kappa shape index (κ2) is 11.4. The van der Waals surface area contributed by atoms with Gasteiger partial charge in [-0.15, -0.1) is 0 Å². The van der Waals surface area contributed by atoms with Crippen molar-refractivity contribution in [3.8, 4) is 11.1 Å². The van der Waals surface area contributed by atoms with Crippen LogP contribution in [0.3, 0.4) is 0 Å². The number of carboxylic acids is 1. The maximum atomic E-state index is 12.7. The third kappa shape index (κ3) is 5.82. The number of carbonyl (C=O) groups excluding carboxylic acids is 2. The van der Waals surface area contributed by atoms with Crippen LogP contribution >= 0.6 is 0 Å². The summed E-state index contributed by atoms with van der Waals surface area (Å²) >= 11 is 0. The molecule has 8 heteroatoms. The first kappa shape index (κ1) is 24.7. The third-order valence-electron chi connectivity index (χ3n) is 6.69. The molecule has 0 unspecified atom stereocenters. The molecule has 0 aromatic heterocycles. The minimum Gasteiger partial charge on any atom is -0.479 e. The fourth-order valence-corrected chi connectivity index (χ4v) is 4.95. The van der Waals surface area contributed by atoms with E-state index in [0.29, 0.717) is 19.4 Å². The molecule has 4 rings (SSSR count). The lowest BCUT2D eigenvalue weighted by atomic mass is 9.98. The molecule has 2 amide bonds. The number of rotatable bonds is 10. The molecule has 2 aromatic carbocycles. The maximum Gasteiger partial charge on any atom is 0.407 e. The largest absolute Gasteiger partial charge is 0.479 e. The van der Waals surface area contributed by atoms with Crippen molar-refractivity contribution in [2.75, 3.05) is 13.2 Å². The van der Waals surface area contributed by atoms with Gasteiger partial charge >= 0.3 is 12.1 Å². The number of carbonyl (C=O) groups is 3. The molecule has 35 heavy (non-hydrogen) atoms. The Balaban J connectivity index is 1.34. The lowest BCUT2D eigenvalue weighted by molar-refractivity contribution is -0.148. The SMILES string of the molecule is CCCC[C@H](CC(=O)N[C@H]1CCO[C@H]1C(=O)O)NC(=O)OCC1c2ccccc2-c2ccccc21. The fourth-order valence-electron chi connectivity index (χ4n) is 4.95. The summed E-state index contributed by atoms with van der Waals surface area (Å²) < 4.78 is 10.8. The van der Waals surface area contributed by atoms with Crippen LogP contribution in [0.1, 0.15) is 56.1 Å². The van der Waals surface area contributed by atoms with Crippen molar-refractivity contribution in [3.63, 3.8) is 0 Å². The van der Waals surface area contributed by atoms with Crippen molar-refractivity contribution in [2.24, 2.45) is 0 Å². The number of benzene rings is 2. The quantitative estimate of drug-likeness (QED) is 0.476. The molecule has 8 nitrogen and oxygen atoms in total. The number of nitrogens with one attached hydrogen (secondary N) is 2. The Kier molecular flexibility index (Phi) is 8.02. The Morgan fingerprint density at radius 3 is 2.37 bits per heavy atom. The van der Waals surface area contributed by atoms with Crippen molar-refractivity contribution in [1.29, 1.82) is 0 Å². The van der Waals surface area contributed by atoms with Crippen LogP contribution in [0.4, 0.5) is 4.79 Å². The first-order chi connectivity index (χ1) is 17.0. The van der Waals surface area contributed by atoms with Gasteiger partial charge in [-0.3, -0.25) is 4.79 Å². The molecule has 1 heterocycles. The minimum absolute atomic E-state index is 0.0409. The molecule has 0 spiro atoms. The molecule has 1 fully saturated rings. The molecule has 186 valence electrons. The number of hydrogen-bond donors (Lipinski definition) is 3. The lowest BCUT2D eigenvalue weighted by Crippen LogP contribution is -2.46. The van der Waals surface area contributed by atoms with Crippen LogP contribution in [0.15, 0.2) is 48.5 Å². The highest BCUT2D eigenvalue weighted by Crippen LogP contribution is 2.44. The number of aliphatic carboxylic acids is 1. The van der Waals surface area contributed by atoms with Crippen LogP contribution in [-0.4, -0.2) is 54.5 Å². The number of unbranched alkanes of at least 4 members (excludes halogenated alkanes) is 1. The summed E-state index contributed by atoms with van der Waals surface area (Å²) in [7, 11) is 0. The van der Waals surface area contributed by atoms with Gasteiger partial charge in [0, 0.05) is 25.0 Å². The van der Waals surface area contributed by atoms with E-state index in [1.54, 1.807) is 0 Å². The number of hydrogen-bond acceptors (Lipinski definition) is 5. The summed E-state index contributed by atoms with van der Waals surface area (Å²) in [6, 6.07) is 15.3. The summed E-state index contributed by atoms with van der Waals surface area (Å²) in [4.78, 5) is 36.6. The van der Waals surface area contributed by atoms with Gasteiger partial charge in [-0.25, -0.2) is 9.59 Å². The summed E-state index contributed by atoms with van der Waals surface area (Å²) in [5, 5.41) is 14.8. The molecule has 1 aliphatic carbocycles. The maximum absolute atomic E-state index is 12.7. The standard InChI is InChI=1S/C27H32N2O6/c1-2-3-8-17(15-24(30)29-23-13-14-34-25(23)26(31)32)28-27(33)35-16-22-20-11-6-4-9-18(20)19-10-5-7-12-21(19)22/h4-7,9-12,17,22-23,25H,2-3,8,13-16H2,1H3,(H,28,33)(H,29,30)(H,31,32)/t17-,23+,25-/m1/s1. The van der Waals surface area contributed by atoms with Crippen LogP contribution in [0.5, 0.6) is 0 Å². The molecular formula is C27H32N2O6. The molecule has 0 radical (unpaired) electrons. The molecule has 2 aliphatic rings.